The van der Waals surface area contributed by atoms with Crippen molar-refractivity contribution in [3.63, 3.8) is 0 Å². The third-order valence-electron chi connectivity index (χ3n) is 3.19. The summed E-state index contributed by atoms with van der Waals surface area (Å²) in [6.07, 6.45) is 1.67. The second-order valence-electron chi connectivity index (χ2n) is 4.90. The van der Waals surface area contributed by atoms with E-state index in [1.165, 1.54) is 11.3 Å². The summed E-state index contributed by atoms with van der Waals surface area (Å²) >= 11 is 13.4. The van der Waals surface area contributed by atoms with E-state index in [-0.39, 0.29) is 6.42 Å². The summed E-state index contributed by atoms with van der Waals surface area (Å²) in [5.41, 5.74) is 2.28. The number of halogens is 2. The van der Waals surface area contributed by atoms with Gasteiger partial charge in [0.25, 0.3) is 0 Å². The number of thiazole rings is 1. The van der Waals surface area contributed by atoms with Crippen LogP contribution in [-0.2, 0) is 4.79 Å². The summed E-state index contributed by atoms with van der Waals surface area (Å²) in [6.45, 7) is 0. The fraction of sp³-hybridized carbons (Fsp3) is 0.0588. The van der Waals surface area contributed by atoms with Gasteiger partial charge in [-0.2, -0.15) is 0 Å². The molecule has 0 aliphatic carbocycles. The number of benzene rings is 2. The van der Waals surface area contributed by atoms with Gasteiger partial charge in [0.05, 0.1) is 26.7 Å². The molecule has 1 heterocycles. The van der Waals surface area contributed by atoms with Gasteiger partial charge in [0.1, 0.15) is 5.01 Å². The van der Waals surface area contributed by atoms with Gasteiger partial charge in [-0.3, -0.25) is 4.79 Å². The van der Waals surface area contributed by atoms with Crippen LogP contribution in [0.5, 0.6) is 0 Å². The SMILES string of the molecule is O=C(O)C/C(=C/c1ccc(Cl)c(Cl)c1)c1nc2ccccc2s1. The molecule has 2 aromatic carbocycles. The van der Waals surface area contributed by atoms with Crippen LogP contribution in [0, 0.1) is 0 Å². The molecule has 116 valence electrons. The number of nitrogens with zero attached hydrogens (tertiary/aromatic N) is 1. The van der Waals surface area contributed by atoms with Gasteiger partial charge in [-0.15, -0.1) is 11.3 Å². The van der Waals surface area contributed by atoms with Crippen molar-refractivity contribution in [2.24, 2.45) is 0 Å². The third kappa shape index (κ3) is 3.72. The Morgan fingerprint density at radius 2 is 1.96 bits per heavy atom. The lowest BCUT2D eigenvalue weighted by Crippen LogP contribution is -1.97. The fourth-order valence-corrected chi connectivity index (χ4v) is 3.45. The quantitative estimate of drug-likeness (QED) is 0.654. The summed E-state index contributed by atoms with van der Waals surface area (Å²) in [5, 5.41) is 10.8. The van der Waals surface area contributed by atoms with E-state index in [0.29, 0.717) is 20.6 Å². The van der Waals surface area contributed by atoms with Crippen molar-refractivity contribution >= 4 is 62.4 Å². The van der Waals surface area contributed by atoms with Gasteiger partial charge >= 0.3 is 5.97 Å². The number of carboxylic acids is 1. The first-order chi connectivity index (χ1) is 11.0. The van der Waals surface area contributed by atoms with E-state index in [1.807, 2.05) is 24.3 Å². The van der Waals surface area contributed by atoms with E-state index in [4.69, 9.17) is 23.2 Å². The number of hydrogen-bond acceptors (Lipinski definition) is 3. The zero-order valence-corrected chi connectivity index (χ0v) is 14.1. The Balaban J connectivity index is 2.07. The number of para-hydroxylation sites is 1. The van der Waals surface area contributed by atoms with Gasteiger partial charge in [0, 0.05) is 0 Å². The maximum Gasteiger partial charge on any atom is 0.307 e. The number of hydrogen-bond donors (Lipinski definition) is 1. The number of carbonyl (C=O) groups is 1. The molecule has 0 saturated carbocycles. The third-order valence-corrected chi connectivity index (χ3v) is 5.05. The zero-order valence-electron chi connectivity index (χ0n) is 11.8. The average molecular weight is 364 g/mol. The van der Waals surface area contributed by atoms with Gasteiger partial charge in [0.15, 0.2) is 0 Å². The van der Waals surface area contributed by atoms with E-state index >= 15 is 0 Å². The molecule has 6 heteroatoms. The number of aromatic nitrogens is 1. The average Bonchev–Trinajstić information content (AvgIpc) is 2.94. The summed E-state index contributed by atoms with van der Waals surface area (Å²) in [4.78, 5) is 15.7. The highest BCUT2D eigenvalue weighted by Crippen LogP contribution is 2.31. The molecule has 0 bridgehead atoms. The van der Waals surface area contributed by atoms with Crippen molar-refractivity contribution in [3.8, 4) is 0 Å². The molecule has 0 saturated heterocycles. The molecular formula is C17H11Cl2NO2S. The van der Waals surface area contributed by atoms with Gasteiger partial charge in [-0.1, -0.05) is 41.4 Å². The highest BCUT2D eigenvalue weighted by atomic mass is 35.5. The molecule has 23 heavy (non-hydrogen) atoms. The highest BCUT2D eigenvalue weighted by Gasteiger charge is 2.13. The van der Waals surface area contributed by atoms with Crippen LogP contribution >= 0.6 is 34.5 Å². The largest absolute Gasteiger partial charge is 0.481 e. The van der Waals surface area contributed by atoms with E-state index in [1.54, 1.807) is 24.3 Å². The Kier molecular flexibility index (Phi) is 4.66. The van der Waals surface area contributed by atoms with Crippen LogP contribution in [0.3, 0.4) is 0 Å². The summed E-state index contributed by atoms with van der Waals surface area (Å²) in [6, 6.07) is 12.9. The Morgan fingerprint density at radius 3 is 2.65 bits per heavy atom. The van der Waals surface area contributed by atoms with E-state index in [9.17, 15) is 9.90 Å². The molecule has 3 nitrogen and oxygen atoms in total. The lowest BCUT2D eigenvalue weighted by Gasteiger charge is -2.03. The summed E-state index contributed by atoms with van der Waals surface area (Å²) < 4.78 is 1.02. The summed E-state index contributed by atoms with van der Waals surface area (Å²) in [5.74, 6) is -0.907. The number of carboxylic acid groups (broad SMARTS) is 1. The number of aliphatic carboxylic acids is 1. The normalized spacial score (nSPS) is 11.8. The maximum atomic E-state index is 11.2. The maximum absolute atomic E-state index is 11.2. The number of rotatable bonds is 4. The van der Waals surface area contributed by atoms with Gasteiger partial charge in [-0.25, -0.2) is 4.98 Å². The minimum atomic E-state index is -0.907. The molecule has 0 fully saturated rings. The van der Waals surface area contributed by atoms with Crippen molar-refractivity contribution in [3.05, 3.63) is 63.1 Å². The molecule has 0 unspecified atom stereocenters. The molecule has 0 atom stereocenters. The smallest absolute Gasteiger partial charge is 0.307 e. The lowest BCUT2D eigenvalue weighted by molar-refractivity contribution is -0.135. The summed E-state index contributed by atoms with van der Waals surface area (Å²) in [7, 11) is 0. The van der Waals surface area contributed by atoms with Crippen LogP contribution < -0.4 is 0 Å². The molecule has 3 aromatic rings. The molecule has 0 radical (unpaired) electrons. The molecule has 0 amide bonds. The second kappa shape index (κ2) is 6.71. The predicted octanol–water partition coefficient (Wildman–Crippen LogP) is 5.62. The van der Waals surface area contributed by atoms with E-state index < -0.39 is 5.97 Å². The van der Waals surface area contributed by atoms with Crippen LogP contribution in [0.2, 0.25) is 10.0 Å². The molecule has 1 aromatic heterocycles. The second-order valence-corrected chi connectivity index (χ2v) is 6.75. The van der Waals surface area contributed by atoms with Gasteiger partial charge in [0.2, 0.25) is 0 Å². The van der Waals surface area contributed by atoms with Crippen molar-refractivity contribution in [2.45, 2.75) is 6.42 Å². The Morgan fingerprint density at radius 1 is 1.17 bits per heavy atom. The van der Waals surface area contributed by atoms with Crippen molar-refractivity contribution in [1.29, 1.82) is 0 Å². The van der Waals surface area contributed by atoms with Crippen LogP contribution in [0.15, 0.2) is 42.5 Å². The Hall–Kier alpha value is -1.88. The monoisotopic (exact) mass is 363 g/mol. The zero-order chi connectivity index (χ0) is 16.4. The van der Waals surface area contributed by atoms with Crippen molar-refractivity contribution < 1.29 is 9.90 Å². The first kappa shape index (κ1) is 16.0. The fourth-order valence-electron chi connectivity index (χ4n) is 2.16. The molecule has 3 rings (SSSR count). The Bertz CT molecular complexity index is 885. The highest BCUT2D eigenvalue weighted by molar-refractivity contribution is 7.19. The van der Waals surface area contributed by atoms with Gasteiger partial charge in [-0.05, 0) is 41.5 Å². The minimum absolute atomic E-state index is 0.111. The standard InChI is InChI=1S/C17H11Cl2NO2S/c18-12-6-5-10(8-13(12)19)7-11(9-16(21)22)17-20-14-3-1-2-4-15(14)23-17/h1-8H,9H2,(H,21,22)/b11-7-. The topological polar surface area (TPSA) is 50.2 Å². The molecule has 0 aliphatic heterocycles. The van der Waals surface area contributed by atoms with Crippen LogP contribution in [0.25, 0.3) is 21.9 Å². The molecular weight excluding hydrogens is 353 g/mol. The van der Waals surface area contributed by atoms with E-state index in [2.05, 4.69) is 4.98 Å². The Labute approximate surface area is 146 Å². The van der Waals surface area contributed by atoms with E-state index in [0.717, 1.165) is 15.8 Å². The predicted molar refractivity (Wildman–Crippen MR) is 96.2 cm³/mol. The van der Waals surface area contributed by atoms with Crippen LogP contribution in [0.1, 0.15) is 17.0 Å². The molecule has 1 N–H and O–H groups in total. The molecule has 0 aliphatic rings. The lowest BCUT2D eigenvalue weighted by atomic mass is 10.1. The van der Waals surface area contributed by atoms with Crippen molar-refractivity contribution in [2.75, 3.05) is 0 Å². The van der Waals surface area contributed by atoms with Crippen molar-refractivity contribution in [1.82, 2.24) is 4.98 Å². The molecule has 0 spiro atoms. The van der Waals surface area contributed by atoms with Gasteiger partial charge < -0.3 is 5.11 Å². The van der Waals surface area contributed by atoms with Crippen LogP contribution in [-0.4, -0.2) is 16.1 Å². The number of fused-ring (bicyclic) bond motifs is 1. The van der Waals surface area contributed by atoms with Crippen LogP contribution in [0.4, 0.5) is 0 Å². The first-order valence-electron chi connectivity index (χ1n) is 6.76. The first-order valence-corrected chi connectivity index (χ1v) is 8.33. The minimum Gasteiger partial charge on any atom is -0.481 e.